The zero-order valence-electron chi connectivity index (χ0n) is 15.7. The lowest BCUT2D eigenvalue weighted by atomic mass is 10.1. The molecule has 1 atom stereocenters. The molecule has 28 heavy (non-hydrogen) atoms. The molecule has 0 spiro atoms. The number of carbonyl (C=O) groups is 2. The normalized spacial score (nSPS) is 15.1. The molecule has 0 saturated carbocycles. The van der Waals surface area contributed by atoms with Crippen LogP contribution in [0.25, 0.3) is 0 Å². The van der Waals surface area contributed by atoms with E-state index in [1.807, 2.05) is 55.5 Å². The minimum Gasteiger partial charge on any atom is -0.348 e. The number of hydrogen-bond acceptors (Lipinski definition) is 3. The van der Waals surface area contributed by atoms with Gasteiger partial charge < -0.3 is 10.6 Å². The van der Waals surface area contributed by atoms with Crippen molar-refractivity contribution in [3.05, 3.63) is 88.7 Å². The van der Waals surface area contributed by atoms with E-state index in [4.69, 9.17) is 0 Å². The standard InChI is InChI=1S/C22H22N4O2/c1-15-6-5-9-17(10-15)21(27)25-18-11-20-19(13-24-26(20)14-18)22(28)23-12-16-7-3-2-4-8-16/h2-10,13,18H,11-12,14H2,1H3,(H,23,28)(H,25,27). The zero-order valence-corrected chi connectivity index (χ0v) is 15.7. The first kappa shape index (κ1) is 18.0. The molecule has 1 aromatic heterocycles. The van der Waals surface area contributed by atoms with Crippen molar-refractivity contribution in [2.75, 3.05) is 0 Å². The number of amides is 2. The average Bonchev–Trinajstić information content (AvgIpc) is 3.27. The van der Waals surface area contributed by atoms with Crippen LogP contribution in [0, 0.1) is 6.92 Å². The molecule has 6 heteroatoms. The summed E-state index contributed by atoms with van der Waals surface area (Å²) in [5.74, 6) is -0.245. The van der Waals surface area contributed by atoms with Crippen LogP contribution in [0.15, 0.2) is 60.8 Å². The van der Waals surface area contributed by atoms with Gasteiger partial charge in [-0.25, -0.2) is 0 Å². The number of fused-ring (bicyclic) bond motifs is 1. The number of nitrogens with one attached hydrogen (secondary N) is 2. The van der Waals surface area contributed by atoms with E-state index in [1.54, 1.807) is 16.9 Å². The van der Waals surface area contributed by atoms with E-state index in [-0.39, 0.29) is 17.9 Å². The van der Waals surface area contributed by atoms with Gasteiger partial charge in [0.05, 0.1) is 30.0 Å². The SMILES string of the molecule is Cc1cccc(C(=O)NC2Cc3c(C(=O)NCc4ccccc4)cnn3C2)c1. The predicted octanol–water partition coefficient (Wildman–Crippen LogP) is 2.48. The second-order valence-corrected chi connectivity index (χ2v) is 7.10. The number of carbonyl (C=O) groups excluding carboxylic acids is 2. The van der Waals surface area contributed by atoms with Crippen LogP contribution in [0.1, 0.15) is 37.5 Å². The molecule has 0 saturated heterocycles. The summed E-state index contributed by atoms with van der Waals surface area (Å²) in [4.78, 5) is 25.1. The van der Waals surface area contributed by atoms with Crippen molar-refractivity contribution in [3.63, 3.8) is 0 Å². The minimum atomic E-state index is -0.143. The monoisotopic (exact) mass is 374 g/mol. The van der Waals surface area contributed by atoms with E-state index in [1.165, 1.54) is 0 Å². The Morgan fingerprint density at radius 1 is 1.11 bits per heavy atom. The molecule has 2 heterocycles. The van der Waals surface area contributed by atoms with Crippen LogP contribution in [-0.2, 0) is 19.5 Å². The Bertz CT molecular complexity index is 1010. The fourth-order valence-corrected chi connectivity index (χ4v) is 3.50. The van der Waals surface area contributed by atoms with Gasteiger partial charge in [0.25, 0.3) is 11.8 Å². The number of aryl methyl sites for hydroxylation is 1. The summed E-state index contributed by atoms with van der Waals surface area (Å²) in [6, 6.07) is 17.2. The summed E-state index contributed by atoms with van der Waals surface area (Å²) < 4.78 is 1.80. The molecular weight excluding hydrogens is 352 g/mol. The molecule has 6 nitrogen and oxygen atoms in total. The molecule has 0 radical (unpaired) electrons. The summed E-state index contributed by atoms with van der Waals surface area (Å²) in [6.07, 6.45) is 2.19. The molecule has 1 aliphatic rings. The first-order chi connectivity index (χ1) is 13.6. The van der Waals surface area contributed by atoms with Crippen LogP contribution < -0.4 is 10.6 Å². The average molecular weight is 374 g/mol. The number of rotatable bonds is 5. The fourth-order valence-electron chi connectivity index (χ4n) is 3.50. The highest BCUT2D eigenvalue weighted by atomic mass is 16.2. The van der Waals surface area contributed by atoms with Gasteiger partial charge in [-0.05, 0) is 24.6 Å². The van der Waals surface area contributed by atoms with Crippen LogP contribution in [0.2, 0.25) is 0 Å². The number of benzene rings is 2. The molecule has 142 valence electrons. The third kappa shape index (κ3) is 3.81. The maximum atomic E-state index is 12.6. The van der Waals surface area contributed by atoms with E-state index in [0.29, 0.717) is 30.6 Å². The maximum Gasteiger partial charge on any atom is 0.255 e. The van der Waals surface area contributed by atoms with Crippen LogP contribution in [0.4, 0.5) is 0 Å². The van der Waals surface area contributed by atoms with Gasteiger partial charge in [-0.2, -0.15) is 5.10 Å². The third-order valence-corrected chi connectivity index (χ3v) is 4.94. The minimum absolute atomic E-state index is 0.0719. The molecule has 0 bridgehead atoms. The number of hydrogen-bond donors (Lipinski definition) is 2. The van der Waals surface area contributed by atoms with Crippen molar-refractivity contribution >= 4 is 11.8 Å². The van der Waals surface area contributed by atoms with Gasteiger partial charge in [0.1, 0.15) is 0 Å². The van der Waals surface area contributed by atoms with Gasteiger partial charge in [-0.15, -0.1) is 0 Å². The zero-order chi connectivity index (χ0) is 19.5. The molecule has 3 aromatic rings. The third-order valence-electron chi connectivity index (χ3n) is 4.94. The van der Waals surface area contributed by atoms with E-state index >= 15 is 0 Å². The molecule has 0 fully saturated rings. The molecule has 2 aromatic carbocycles. The summed E-state index contributed by atoms with van der Waals surface area (Å²) >= 11 is 0. The fraction of sp³-hybridized carbons (Fsp3) is 0.227. The summed E-state index contributed by atoms with van der Waals surface area (Å²) in [6.45, 7) is 3.00. The number of nitrogens with zero attached hydrogens (tertiary/aromatic N) is 2. The van der Waals surface area contributed by atoms with Crippen LogP contribution in [-0.4, -0.2) is 27.6 Å². The number of aromatic nitrogens is 2. The van der Waals surface area contributed by atoms with Crippen LogP contribution in [0.5, 0.6) is 0 Å². The van der Waals surface area contributed by atoms with Gasteiger partial charge >= 0.3 is 0 Å². The highest BCUT2D eigenvalue weighted by Gasteiger charge is 2.28. The Balaban J connectivity index is 1.38. The van der Waals surface area contributed by atoms with Crippen molar-refractivity contribution in [2.24, 2.45) is 0 Å². The second-order valence-electron chi connectivity index (χ2n) is 7.10. The van der Waals surface area contributed by atoms with Crippen LogP contribution >= 0.6 is 0 Å². The lowest BCUT2D eigenvalue weighted by molar-refractivity contribution is 0.0934. The van der Waals surface area contributed by atoms with E-state index in [2.05, 4.69) is 15.7 Å². The quantitative estimate of drug-likeness (QED) is 0.720. The lowest BCUT2D eigenvalue weighted by Crippen LogP contribution is -2.36. The Labute approximate surface area is 163 Å². The van der Waals surface area contributed by atoms with Gasteiger partial charge in [0, 0.05) is 18.5 Å². The lowest BCUT2D eigenvalue weighted by Gasteiger charge is -2.12. The van der Waals surface area contributed by atoms with Gasteiger partial charge in [0.2, 0.25) is 0 Å². The predicted molar refractivity (Wildman–Crippen MR) is 106 cm³/mol. The van der Waals surface area contributed by atoms with E-state index < -0.39 is 0 Å². The molecular formula is C22H22N4O2. The highest BCUT2D eigenvalue weighted by Crippen LogP contribution is 2.19. The Morgan fingerprint density at radius 2 is 1.93 bits per heavy atom. The van der Waals surface area contributed by atoms with E-state index in [0.717, 1.165) is 16.8 Å². The van der Waals surface area contributed by atoms with Crippen LogP contribution in [0.3, 0.4) is 0 Å². The van der Waals surface area contributed by atoms with Crippen molar-refractivity contribution in [1.29, 1.82) is 0 Å². The smallest absolute Gasteiger partial charge is 0.255 e. The highest BCUT2D eigenvalue weighted by molar-refractivity contribution is 5.96. The topological polar surface area (TPSA) is 76.0 Å². The summed E-state index contributed by atoms with van der Waals surface area (Å²) in [5.41, 5.74) is 4.17. The van der Waals surface area contributed by atoms with Crippen molar-refractivity contribution in [3.8, 4) is 0 Å². The molecule has 0 aliphatic carbocycles. The molecule has 1 aliphatic heterocycles. The second kappa shape index (κ2) is 7.68. The Hall–Kier alpha value is -3.41. The van der Waals surface area contributed by atoms with Crippen molar-refractivity contribution < 1.29 is 9.59 Å². The van der Waals surface area contributed by atoms with Crippen molar-refractivity contribution in [1.82, 2.24) is 20.4 Å². The van der Waals surface area contributed by atoms with Crippen molar-refractivity contribution in [2.45, 2.75) is 32.5 Å². The van der Waals surface area contributed by atoms with Gasteiger partial charge in [0.15, 0.2) is 0 Å². The van der Waals surface area contributed by atoms with Gasteiger partial charge in [-0.1, -0.05) is 48.0 Å². The first-order valence-electron chi connectivity index (χ1n) is 9.34. The molecule has 4 rings (SSSR count). The molecule has 2 amide bonds. The first-order valence-corrected chi connectivity index (χ1v) is 9.34. The molecule has 2 N–H and O–H groups in total. The van der Waals surface area contributed by atoms with E-state index in [9.17, 15) is 9.59 Å². The Kier molecular flexibility index (Phi) is 4.93. The summed E-state index contributed by atoms with van der Waals surface area (Å²) in [7, 11) is 0. The molecule has 1 unspecified atom stereocenters. The summed E-state index contributed by atoms with van der Waals surface area (Å²) in [5, 5.41) is 10.3. The largest absolute Gasteiger partial charge is 0.348 e. The maximum absolute atomic E-state index is 12.6. The van der Waals surface area contributed by atoms with Gasteiger partial charge in [-0.3, -0.25) is 14.3 Å². The Morgan fingerprint density at radius 3 is 2.71 bits per heavy atom.